The van der Waals surface area contributed by atoms with Crippen molar-refractivity contribution in [1.82, 2.24) is 19.9 Å². The fraction of sp³-hybridized carbons (Fsp3) is 0.435. The molecule has 3 aromatic rings. The number of benzene rings is 1. The van der Waals surface area contributed by atoms with Crippen molar-refractivity contribution >= 4 is 17.1 Å². The molecule has 0 aliphatic heterocycles. The van der Waals surface area contributed by atoms with Gasteiger partial charge in [-0.05, 0) is 81.7 Å². The minimum Gasteiger partial charge on any atom is -0.349 e. The predicted molar refractivity (Wildman–Crippen MR) is 113 cm³/mol. The van der Waals surface area contributed by atoms with Crippen LogP contribution in [0, 0.1) is 12.8 Å². The normalized spacial score (nSPS) is 16.9. The van der Waals surface area contributed by atoms with Crippen molar-refractivity contribution in [1.29, 1.82) is 0 Å². The Kier molecular flexibility index (Phi) is 3.95. The number of aryl methyl sites for hydroxylation is 1. The average molecular weight is 390 g/mol. The van der Waals surface area contributed by atoms with E-state index in [1.54, 1.807) is 10.8 Å². The third-order valence-corrected chi connectivity index (χ3v) is 6.40. The summed E-state index contributed by atoms with van der Waals surface area (Å²) in [4.78, 5) is 32.8. The summed E-state index contributed by atoms with van der Waals surface area (Å²) >= 11 is 0. The lowest BCUT2D eigenvalue weighted by Gasteiger charge is -2.25. The second-order valence-corrected chi connectivity index (χ2v) is 9.07. The molecule has 0 spiro atoms. The highest BCUT2D eigenvalue weighted by Crippen LogP contribution is 2.44. The largest absolute Gasteiger partial charge is 0.349 e. The number of nitrogens with one attached hydrogen (secondary N) is 2. The highest BCUT2D eigenvalue weighted by Gasteiger charge is 2.41. The lowest BCUT2D eigenvalue weighted by atomic mass is 9.98. The van der Waals surface area contributed by atoms with Gasteiger partial charge in [-0.3, -0.25) is 9.36 Å². The van der Waals surface area contributed by atoms with Gasteiger partial charge in [0.25, 0.3) is 5.91 Å². The number of hydrogen-bond donors (Lipinski definition) is 2. The molecule has 6 nitrogen and oxygen atoms in total. The number of nitrogens with zero attached hydrogens (tertiary/aromatic N) is 2. The van der Waals surface area contributed by atoms with Crippen LogP contribution in [0.2, 0.25) is 0 Å². The molecule has 2 N–H and O–H groups in total. The van der Waals surface area contributed by atoms with Gasteiger partial charge in [-0.1, -0.05) is 6.07 Å². The first-order valence-electron chi connectivity index (χ1n) is 10.4. The van der Waals surface area contributed by atoms with Crippen LogP contribution >= 0.6 is 0 Å². The summed E-state index contributed by atoms with van der Waals surface area (Å²) in [5, 5.41) is 3.04. The second-order valence-electron chi connectivity index (χ2n) is 9.07. The molecule has 2 heterocycles. The topological polar surface area (TPSA) is 79.8 Å². The molecule has 0 bridgehead atoms. The minimum absolute atomic E-state index is 0.0338. The van der Waals surface area contributed by atoms with Crippen LogP contribution in [-0.2, 0) is 5.54 Å². The fourth-order valence-electron chi connectivity index (χ4n) is 4.22. The molecule has 150 valence electrons. The first-order chi connectivity index (χ1) is 13.8. The Morgan fingerprint density at radius 3 is 2.66 bits per heavy atom. The van der Waals surface area contributed by atoms with Crippen LogP contribution in [0.25, 0.3) is 22.3 Å². The number of imidazole rings is 1. The first-order valence-corrected chi connectivity index (χ1v) is 10.4. The van der Waals surface area contributed by atoms with E-state index in [2.05, 4.69) is 29.1 Å². The third-order valence-electron chi connectivity index (χ3n) is 6.40. The molecule has 2 aliphatic carbocycles. The van der Waals surface area contributed by atoms with E-state index in [1.165, 1.54) is 0 Å². The van der Waals surface area contributed by atoms with Gasteiger partial charge in [0.15, 0.2) is 5.65 Å². The van der Waals surface area contributed by atoms with Crippen LogP contribution < -0.4 is 11.0 Å². The Balaban J connectivity index is 1.56. The number of fused-ring (bicyclic) bond motifs is 1. The number of carbonyl (C=O) groups excluding carboxylic acids is 1. The van der Waals surface area contributed by atoms with Crippen molar-refractivity contribution in [2.75, 3.05) is 0 Å². The molecule has 5 rings (SSSR count). The molecule has 29 heavy (non-hydrogen) atoms. The van der Waals surface area contributed by atoms with Gasteiger partial charge < -0.3 is 10.3 Å². The van der Waals surface area contributed by atoms with Crippen LogP contribution in [0.4, 0.5) is 0 Å². The zero-order valence-corrected chi connectivity index (χ0v) is 17.1. The van der Waals surface area contributed by atoms with E-state index in [0.29, 0.717) is 23.2 Å². The van der Waals surface area contributed by atoms with Gasteiger partial charge in [0, 0.05) is 28.9 Å². The summed E-state index contributed by atoms with van der Waals surface area (Å²) in [6.45, 7) is 6.24. The standard InChI is InChI=1S/C23H26N4O2/c1-13-4-5-14(21(28)25-17-8-9-17)10-18(13)15-11-19-20(24-12-15)27(22(29)26-19)23(2,3)16-6-7-16/h4-5,10-12,16-17H,6-9H2,1-3H3,(H,25,28)(H,26,29). The molecule has 2 aromatic heterocycles. The summed E-state index contributed by atoms with van der Waals surface area (Å²) < 4.78 is 1.80. The Morgan fingerprint density at radius 1 is 1.21 bits per heavy atom. The third kappa shape index (κ3) is 3.16. The summed E-state index contributed by atoms with van der Waals surface area (Å²) in [5.41, 5.74) is 4.63. The van der Waals surface area contributed by atoms with Gasteiger partial charge in [0.2, 0.25) is 0 Å². The summed E-state index contributed by atoms with van der Waals surface area (Å²) in [5.74, 6) is 0.484. The van der Waals surface area contributed by atoms with Gasteiger partial charge in [-0.25, -0.2) is 9.78 Å². The lowest BCUT2D eigenvalue weighted by Crippen LogP contribution is -2.36. The van der Waals surface area contributed by atoms with E-state index in [-0.39, 0.29) is 17.1 Å². The molecular weight excluding hydrogens is 364 g/mol. The zero-order chi connectivity index (χ0) is 20.3. The number of hydrogen-bond acceptors (Lipinski definition) is 3. The molecule has 2 aliphatic rings. The molecule has 2 fully saturated rings. The van der Waals surface area contributed by atoms with Crippen molar-refractivity contribution in [2.24, 2.45) is 5.92 Å². The molecular formula is C23H26N4O2. The van der Waals surface area contributed by atoms with Crippen LogP contribution in [-0.4, -0.2) is 26.5 Å². The van der Waals surface area contributed by atoms with Gasteiger partial charge in [0.05, 0.1) is 5.52 Å². The lowest BCUT2D eigenvalue weighted by molar-refractivity contribution is 0.0951. The molecule has 2 saturated carbocycles. The van der Waals surface area contributed by atoms with Gasteiger partial charge in [-0.15, -0.1) is 0 Å². The first kappa shape index (κ1) is 18.2. The number of aromatic amines is 1. The Hall–Kier alpha value is -2.89. The second kappa shape index (κ2) is 6.31. The number of pyridine rings is 1. The molecule has 1 amide bonds. The van der Waals surface area contributed by atoms with E-state index in [1.807, 2.05) is 31.2 Å². The molecule has 6 heteroatoms. The highest BCUT2D eigenvalue weighted by atomic mass is 16.2. The SMILES string of the molecule is Cc1ccc(C(=O)NC2CC2)cc1-c1cnc2c(c1)[nH]c(=O)n2C(C)(C)C1CC1. The highest BCUT2D eigenvalue weighted by molar-refractivity contribution is 5.96. The summed E-state index contributed by atoms with van der Waals surface area (Å²) in [6, 6.07) is 8.03. The molecule has 0 atom stereocenters. The van der Waals surface area contributed by atoms with Gasteiger partial charge in [-0.2, -0.15) is 0 Å². The van der Waals surface area contributed by atoms with Crippen molar-refractivity contribution in [3.05, 3.63) is 52.1 Å². The Morgan fingerprint density at radius 2 is 1.97 bits per heavy atom. The number of carbonyl (C=O) groups is 1. The number of amides is 1. The molecule has 0 unspecified atom stereocenters. The minimum atomic E-state index is -0.249. The monoisotopic (exact) mass is 390 g/mol. The maximum atomic E-state index is 12.7. The smallest absolute Gasteiger partial charge is 0.328 e. The van der Waals surface area contributed by atoms with Gasteiger partial charge >= 0.3 is 5.69 Å². The molecule has 0 saturated heterocycles. The van der Waals surface area contributed by atoms with E-state index in [0.717, 1.165) is 47.9 Å². The van der Waals surface area contributed by atoms with E-state index >= 15 is 0 Å². The van der Waals surface area contributed by atoms with Crippen LogP contribution in [0.5, 0.6) is 0 Å². The maximum Gasteiger partial charge on any atom is 0.328 e. The fourth-order valence-corrected chi connectivity index (χ4v) is 4.22. The Bertz CT molecular complexity index is 1180. The average Bonchev–Trinajstić information content (AvgIpc) is 3.58. The maximum absolute atomic E-state index is 12.7. The molecule has 1 aromatic carbocycles. The Labute approximate surface area is 169 Å². The van der Waals surface area contributed by atoms with Crippen LogP contribution in [0.15, 0.2) is 35.3 Å². The van der Waals surface area contributed by atoms with Crippen molar-refractivity contribution in [3.8, 4) is 11.1 Å². The van der Waals surface area contributed by atoms with Crippen molar-refractivity contribution < 1.29 is 4.79 Å². The van der Waals surface area contributed by atoms with Crippen LogP contribution in [0.3, 0.4) is 0 Å². The van der Waals surface area contributed by atoms with E-state index < -0.39 is 0 Å². The number of aromatic nitrogens is 3. The zero-order valence-electron chi connectivity index (χ0n) is 17.1. The van der Waals surface area contributed by atoms with Crippen molar-refractivity contribution in [2.45, 2.75) is 58.0 Å². The van der Waals surface area contributed by atoms with E-state index in [9.17, 15) is 9.59 Å². The van der Waals surface area contributed by atoms with E-state index in [4.69, 9.17) is 0 Å². The summed E-state index contributed by atoms with van der Waals surface area (Å²) in [7, 11) is 0. The predicted octanol–water partition coefficient (Wildman–Crippen LogP) is 3.74. The number of H-pyrrole nitrogens is 1. The summed E-state index contributed by atoms with van der Waals surface area (Å²) in [6.07, 6.45) is 6.23. The van der Waals surface area contributed by atoms with Crippen LogP contribution in [0.1, 0.15) is 55.5 Å². The number of rotatable bonds is 5. The van der Waals surface area contributed by atoms with Crippen molar-refractivity contribution in [3.63, 3.8) is 0 Å². The quantitative estimate of drug-likeness (QED) is 0.696. The molecule has 0 radical (unpaired) electrons. The van der Waals surface area contributed by atoms with Gasteiger partial charge in [0.1, 0.15) is 0 Å².